The standard InChI is InChI=1S/C15H9ClFN3O3/c16-12-5-9(1-3-13(12)17)7-19-8-18-14-4-2-10(20(22)23)6-11(14)15(19)21/h1-6,8H,7H2. The highest BCUT2D eigenvalue weighted by molar-refractivity contribution is 6.30. The van der Waals surface area contributed by atoms with Crippen LogP contribution in [0, 0.1) is 15.9 Å². The van der Waals surface area contributed by atoms with Crippen molar-refractivity contribution in [1.82, 2.24) is 9.55 Å². The van der Waals surface area contributed by atoms with Gasteiger partial charge in [0, 0.05) is 12.1 Å². The van der Waals surface area contributed by atoms with Crippen LogP contribution in [0.5, 0.6) is 0 Å². The zero-order valence-electron chi connectivity index (χ0n) is 11.6. The summed E-state index contributed by atoms with van der Waals surface area (Å²) in [7, 11) is 0. The molecular formula is C15H9ClFN3O3. The third kappa shape index (κ3) is 2.91. The molecule has 0 spiro atoms. The van der Waals surface area contributed by atoms with E-state index in [9.17, 15) is 19.3 Å². The van der Waals surface area contributed by atoms with Crippen molar-refractivity contribution < 1.29 is 9.31 Å². The first-order valence-electron chi connectivity index (χ1n) is 6.53. The van der Waals surface area contributed by atoms with Crippen LogP contribution in [-0.2, 0) is 6.54 Å². The number of fused-ring (bicyclic) bond motifs is 1. The number of hydrogen-bond acceptors (Lipinski definition) is 4. The molecule has 0 aliphatic rings. The van der Waals surface area contributed by atoms with Crippen LogP contribution in [-0.4, -0.2) is 14.5 Å². The fraction of sp³-hybridized carbons (Fsp3) is 0.0667. The highest BCUT2D eigenvalue weighted by Crippen LogP contribution is 2.18. The molecule has 1 heterocycles. The molecule has 0 atom stereocenters. The summed E-state index contributed by atoms with van der Waals surface area (Å²) >= 11 is 5.72. The predicted molar refractivity (Wildman–Crippen MR) is 83.2 cm³/mol. The molecule has 6 nitrogen and oxygen atoms in total. The Kier molecular flexibility index (Phi) is 3.79. The summed E-state index contributed by atoms with van der Waals surface area (Å²) in [5.41, 5.74) is 0.386. The van der Waals surface area contributed by atoms with Crippen molar-refractivity contribution in [2.75, 3.05) is 0 Å². The SMILES string of the molecule is O=c1c2cc([N+](=O)[O-])ccc2ncn1Cc1ccc(F)c(Cl)c1. The topological polar surface area (TPSA) is 78.0 Å². The minimum absolute atomic E-state index is 0.0417. The van der Waals surface area contributed by atoms with Crippen LogP contribution in [0.25, 0.3) is 10.9 Å². The van der Waals surface area contributed by atoms with Gasteiger partial charge in [0.25, 0.3) is 11.2 Å². The lowest BCUT2D eigenvalue weighted by Gasteiger charge is -2.07. The maximum Gasteiger partial charge on any atom is 0.270 e. The van der Waals surface area contributed by atoms with Crippen molar-refractivity contribution in [3.05, 3.63) is 79.6 Å². The van der Waals surface area contributed by atoms with Crippen molar-refractivity contribution in [3.8, 4) is 0 Å². The molecule has 0 amide bonds. The monoisotopic (exact) mass is 333 g/mol. The quantitative estimate of drug-likeness (QED) is 0.545. The van der Waals surface area contributed by atoms with E-state index in [0.29, 0.717) is 11.1 Å². The molecule has 1 aromatic heterocycles. The molecular weight excluding hydrogens is 325 g/mol. The van der Waals surface area contributed by atoms with Crippen LogP contribution in [0.3, 0.4) is 0 Å². The minimum atomic E-state index is -0.573. The Hall–Kier alpha value is -2.80. The summed E-state index contributed by atoms with van der Waals surface area (Å²) in [5, 5.41) is 10.9. The van der Waals surface area contributed by atoms with Gasteiger partial charge in [-0.25, -0.2) is 9.37 Å². The molecule has 0 bridgehead atoms. The first-order chi connectivity index (χ1) is 11.0. The van der Waals surface area contributed by atoms with E-state index in [1.165, 1.54) is 47.3 Å². The molecule has 3 rings (SSSR count). The number of nitrogens with zero attached hydrogens (tertiary/aromatic N) is 3. The Bertz CT molecular complexity index is 987. The predicted octanol–water partition coefficient (Wildman–Crippen LogP) is 3.15. The molecule has 0 N–H and O–H groups in total. The first kappa shape index (κ1) is 15.1. The Labute approximate surface area is 133 Å². The molecule has 0 radical (unpaired) electrons. The van der Waals surface area contributed by atoms with E-state index in [-0.39, 0.29) is 22.6 Å². The molecule has 0 saturated heterocycles. The Morgan fingerprint density at radius 2 is 2.04 bits per heavy atom. The summed E-state index contributed by atoms with van der Waals surface area (Å²) in [5.74, 6) is -0.546. The lowest BCUT2D eigenvalue weighted by atomic mass is 10.2. The molecule has 23 heavy (non-hydrogen) atoms. The van der Waals surface area contributed by atoms with Gasteiger partial charge in [0.05, 0.1) is 33.7 Å². The van der Waals surface area contributed by atoms with E-state index >= 15 is 0 Å². The number of non-ortho nitro benzene ring substituents is 1. The molecule has 0 fully saturated rings. The zero-order valence-corrected chi connectivity index (χ0v) is 12.3. The number of halogens is 2. The Morgan fingerprint density at radius 1 is 1.26 bits per heavy atom. The summed E-state index contributed by atoms with van der Waals surface area (Å²) < 4.78 is 14.5. The lowest BCUT2D eigenvalue weighted by molar-refractivity contribution is -0.384. The number of nitro groups is 1. The van der Waals surface area contributed by atoms with Gasteiger partial charge in [0.15, 0.2) is 0 Å². The van der Waals surface area contributed by atoms with Gasteiger partial charge in [0.1, 0.15) is 5.82 Å². The van der Waals surface area contributed by atoms with Crippen LogP contribution >= 0.6 is 11.6 Å². The van der Waals surface area contributed by atoms with Gasteiger partial charge < -0.3 is 0 Å². The molecule has 8 heteroatoms. The van der Waals surface area contributed by atoms with Crippen molar-refractivity contribution in [1.29, 1.82) is 0 Å². The second-order valence-electron chi connectivity index (χ2n) is 4.88. The number of hydrogen-bond donors (Lipinski definition) is 0. The van der Waals surface area contributed by atoms with E-state index in [1.54, 1.807) is 0 Å². The molecule has 0 saturated carbocycles. The second kappa shape index (κ2) is 5.77. The molecule has 116 valence electrons. The Morgan fingerprint density at radius 3 is 2.74 bits per heavy atom. The van der Waals surface area contributed by atoms with E-state index in [4.69, 9.17) is 11.6 Å². The van der Waals surface area contributed by atoms with E-state index in [2.05, 4.69) is 4.98 Å². The number of benzene rings is 2. The van der Waals surface area contributed by atoms with Gasteiger partial charge in [-0.05, 0) is 23.8 Å². The van der Waals surface area contributed by atoms with Crippen LogP contribution in [0.1, 0.15) is 5.56 Å². The normalized spacial score (nSPS) is 10.9. The van der Waals surface area contributed by atoms with Crippen LogP contribution in [0.2, 0.25) is 5.02 Å². The minimum Gasteiger partial charge on any atom is -0.294 e. The average Bonchev–Trinajstić information content (AvgIpc) is 2.53. The summed E-state index contributed by atoms with van der Waals surface area (Å²) in [4.78, 5) is 26.8. The van der Waals surface area contributed by atoms with E-state index in [1.807, 2.05) is 0 Å². The largest absolute Gasteiger partial charge is 0.294 e. The molecule has 0 aliphatic heterocycles. The van der Waals surface area contributed by atoms with Crippen molar-refractivity contribution in [2.45, 2.75) is 6.54 Å². The highest BCUT2D eigenvalue weighted by atomic mass is 35.5. The molecule has 0 aliphatic carbocycles. The van der Waals surface area contributed by atoms with Gasteiger partial charge >= 0.3 is 0 Å². The maximum atomic E-state index is 13.2. The second-order valence-corrected chi connectivity index (χ2v) is 5.29. The van der Waals surface area contributed by atoms with Gasteiger partial charge in [-0.1, -0.05) is 17.7 Å². The summed E-state index contributed by atoms with van der Waals surface area (Å²) in [6.45, 7) is 0.129. The summed E-state index contributed by atoms with van der Waals surface area (Å²) in [6.07, 6.45) is 1.34. The first-order valence-corrected chi connectivity index (χ1v) is 6.91. The zero-order chi connectivity index (χ0) is 16.6. The molecule has 2 aromatic carbocycles. The van der Waals surface area contributed by atoms with E-state index < -0.39 is 16.3 Å². The number of aromatic nitrogens is 2. The molecule has 3 aromatic rings. The number of nitro benzene ring substituents is 1. The highest BCUT2D eigenvalue weighted by Gasteiger charge is 2.11. The lowest BCUT2D eigenvalue weighted by Crippen LogP contribution is -2.21. The van der Waals surface area contributed by atoms with Gasteiger partial charge in [-0.3, -0.25) is 19.5 Å². The van der Waals surface area contributed by atoms with Crippen molar-refractivity contribution >= 4 is 28.2 Å². The average molecular weight is 334 g/mol. The fourth-order valence-corrected chi connectivity index (χ4v) is 2.41. The fourth-order valence-electron chi connectivity index (χ4n) is 2.21. The van der Waals surface area contributed by atoms with Gasteiger partial charge in [0.2, 0.25) is 0 Å². The molecule has 0 unspecified atom stereocenters. The van der Waals surface area contributed by atoms with Crippen LogP contribution in [0.15, 0.2) is 47.5 Å². The van der Waals surface area contributed by atoms with E-state index in [0.717, 1.165) is 0 Å². The Balaban J connectivity index is 2.07. The third-order valence-corrected chi connectivity index (χ3v) is 3.65. The smallest absolute Gasteiger partial charge is 0.270 e. The van der Waals surface area contributed by atoms with Gasteiger partial charge in [-0.2, -0.15) is 0 Å². The van der Waals surface area contributed by atoms with Crippen LogP contribution in [0.4, 0.5) is 10.1 Å². The van der Waals surface area contributed by atoms with Crippen LogP contribution < -0.4 is 5.56 Å². The van der Waals surface area contributed by atoms with Gasteiger partial charge in [-0.15, -0.1) is 0 Å². The third-order valence-electron chi connectivity index (χ3n) is 3.36. The maximum absolute atomic E-state index is 13.2. The number of rotatable bonds is 3. The van der Waals surface area contributed by atoms with Crippen molar-refractivity contribution in [3.63, 3.8) is 0 Å². The summed E-state index contributed by atoms with van der Waals surface area (Å²) in [6, 6.07) is 8.04. The van der Waals surface area contributed by atoms with Crippen molar-refractivity contribution in [2.24, 2.45) is 0 Å².